The molecule has 1 spiro atoms. The van der Waals surface area contributed by atoms with Crippen LogP contribution in [0.1, 0.15) is 18.4 Å². The molecule has 5 N–H and O–H groups in total. The van der Waals surface area contributed by atoms with Crippen LogP contribution in [0.3, 0.4) is 0 Å². The first-order chi connectivity index (χ1) is 12.8. The van der Waals surface area contributed by atoms with Crippen molar-refractivity contribution in [3.63, 3.8) is 0 Å². The number of benzene rings is 2. The largest absolute Gasteiger partial charge is 0.377 e. The Bertz CT molecular complexity index is 798. The average molecular weight is 351 g/mol. The molecule has 0 radical (unpaired) electrons. The summed E-state index contributed by atoms with van der Waals surface area (Å²) < 4.78 is 0. The molecular formula is C20H25N5O. The molecule has 1 fully saturated rings. The quantitative estimate of drug-likeness (QED) is 0.547. The lowest BCUT2D eigenvalue weighted by Crippen LogP contribution is -2.58. The van der Waals surface area contributed by atoms with E-state index in [4.69, 9.17) is 10.1 Å². The van der Waals surface area contributed by atoms with Gasteiger partial charge in [-0.2, -0.15) is 0 Å². The van der Waals surface area contributed by atoms with Crippen LogP contribution >= 0.6 is 0 Å². The number of nitrogens with zero attached hydrogens (tertiary/aromatic N) is 1. The SMILES string of the molecule is OCNc1cccc(CNC2=Nc3ccccc3NC23CCNCC3)c1. The summed E-state index contributed by atoms with van der Waals surface area (Å²) in [5.41, 5.74) is 4.01. The number of rotatable bonds is 4. The molecule has 0 amide bonds. The predicted molar refractivity (Wildman–Crippen MR) is 106 cm³/mol. The number of fused-ring (bicyclic) bond motifs is 1. The molecule has 6 nitrogen and oxygen atoms in total. The first kappa shape index (κ1) is 16.9. The van der Waals surface area contributed by atoms with E-state index in [1.54, 1.807) is 0 Å². The van der Waals surface area contributed by atoms with E-state index in [1.807, 2.05) is 36.4 Å². The van der Waals surface area contributed by atoms with Crippen LogP contribution in [0.15, 0.2) is 53.5 Å². The van der Waals surface area contributed by atoms with E-state index in [0.29, 0.717) is 6.54 Å². The van der Waals surface area contributed by atoms with Gasteiger partial charge in [0.15, 0.2) is 0 Å². The van der Waals surface area contributed by atoms with Gasteiger partial charge in [0.05, 0.1) is 16.9 Å². The van der Waals surface area contributed by atoms with Gasteiger partial charge in [-0.05, 0) is 55.8 Å². The molecule has 136 valence electrons. The monoisotopic (exact) mass is 351 g/mol. The highest BCUT2D eigenvalue weighted by Gasteiger charge is 2.40. The summed E-state index contributed by atoms with van der Waals surface area (Å²) in [7, 11) is 0. The van der Waals surface area contributed by atoms with Crippen LogP contribution in [0.2, 0.25) is 0 Å². The van der Waals surface area contributed by atoms with Crippen LogP contribution in [0, 0.1) is 0 Å². The van der Waals surface area contributed by atoms with Gasteiger partial charge < -0.3 is 26.4 Å². The maximum absolute atomic E-state index is 9.04. The predicted octanol–water partition coefficient (Wildman–Crippen LogP) is 2.42. The lowest BCUT2D eigenvalue weighted by molar-refractivity contribution is 0.325. The Morgan fingerprint density at radius 1 is 1.04 bits per heavy atom. The Labute approximate surface area is 153 Å². The minimum absolute atomic E-state index is 0.0690. The molecular weight excluding hydrogens is 326 g/mol. The van der Waals surface area contributed by atoms with Crippen molar-refractivity contribution in [3.05, 3.63) is 54.1 Å². The number of hydrogen-bond donors (Lipinski definition) is 5. The zero-order chi connectivity index (χ0) is 17.8. The molecule has 0 aromatic heterocycles. The highest BCUT2D eigenvalue weighted by atomic mass is 16.3. The van der Waals surface area contributed by atoms with Crippen LogP contribution in [-0.2, 0) is 6.54 Å². The molecule has 0 saturated carbocycles. The highest BCUT2D eigenvalue weighted by molar-refractivity contribution is 6.00. The lowest BCUT2D eigenvalue weighted by atomic mass is 9.85. The Morgan fingerprint density at radius 2 is 1.88 bits per heavy atom. The number of amidine groups is 1. The normalized spacial score (nSPS) is 17.8. The van der Waals surface area contributed by atoms with Gasteiger partial charge in [0.1, 0.15) is 12.6 Å². The maximum atomic E-state index is 9.04. The molecule has 2 aromatic rings. The molecule has 1 saturated heterocycles. The Kier molecular flexibility index (Phi) is 4.77. The van der Waals surface area contributed by atoms with Crippen LogP contribution < -0.4 is 21.3 Å². The molecule has 0 atom stereocenters. The minimum atomic E-state index is -0.138. The van der Waals surface area contributed by atoms with E-state index >= 15 is 0 Å². The fourth-order valence-corrected chi connectivity index (χ4v) is 3.71. The first-order valence-electron chi connectivity index (χ1n) is 9.14. The molecule has 0 bridgehead atoms. The van der Waals surface area contributed by atoms with E-state index in [-0.39, 0.29) is 12.3 Å². The molecule has 2 aliphatic heterocycles. The second-order valence-corrected chi connectivity index (χ2v) is 6.82. The van der Waals surface area contributed by atoms with Crippen molar-refractivity contribution in [1.29, 1.82) is 0 Å². The van der Waals surface area contributed by atoms with Gasteiger partial charge in [0.25, 0.3) is 0 Å². The number of aliphatic hydroxyl groups excluding tert-OH is 1. The molecule has 4 rings (SSSR count). The summed E-state index contributed by atoms with van der Waals surface area (Å²) >= 11 is 0. The number of nitrogens with one attached hydrogen (secondary N) is 4. The Morgan fingerprint density at radius 3 is 2.73 bits per heavy atom. The molecule has 2 aromatic carbocycles. The van der Waals surface area contributed by atoms with Crippen LogP contribution in [0.25, 0.3) is 0 Å². The molecule has 6 heteroatoms. The Hall–Kier alpha value is -2.57. The van der Waals surface area contributed by atoms with Gasteiger partial charge in [-0.15, -0.1) is 0 Å². The lowest BCUT2D eigenvalue weighted by Gasteiger charge is -2.43. The third kappa shape index (κ3) is 3.38. The van der Waals surface area contributed by atoms with Gasteiger partial charge in [-0.1, -0.05) is 24.3 Å². The second-order valence-electron chi connectivity index (χ2n) is 6.82. The third-order valence-electron chi connectivity index (χ3n) is 5.09. The Balaban J connectivity index is 1.58. The molecule has 2 heterocycles. The minimum Gasteiger partial charge on any atom is -0.377 e. The summed E-state index contributed by atoms with van der Waals surface area (Å²) in [6.45, 7) is 2.58. The fraction of sp³-hybridized carbons (Fsp3) is 0.350. The summed E-state index contributed by atoms with van der Waals surface area (Å²) in [6.07, 6.45) is 2.00. The second kappa shape index (κ2) is 7.35. The first-order valence-corrected chi connectivity index (χ1v) is 9.14. The topological polar surface area (TPSA) is 80.7 Å². The molecule has 26 heavy (non-hydrogen) atoms. The maximum Gasteiger partial charge on any atom is 0.128 e. The summed E-state index contributed by atoms with van der Waals surface area (Å²) in [5.74, 6) is 1.01. The van der Waals surface area contributed by atoms with E-state index in [1.165, 1.54) is 0 Å². The number of hydrogen-bond acceptors (Lipinski definition) is 6. The van der Waals surface area contributed by atoms with Crippen molar-refractivity contribution in [1.82, 2.24) is 10.6 Å². The summed E-state index contributed by atoms with van der Waals surface area (Å²) in [4.78, 5) is 4.96. The highest BCUT2D eigenvalue weighted by Crippen LogP contribution is 2.36. The zero-order valence-electron chi connectivity index (χ0n) is 14.8. The fourth-order valence-electron chi connectivity index (χ4n) is 3.71. The van der Waals surface area contributed by atoms with Gasteiger partial charge in [0.2, 0.25) is 0 Å². The number of para-hydroxylation sites is 2. The van der Waals surface area contributed by atoms with E-state index < -0.39 is 0 Å². The van der Waals surface area contributed by atoms with E-state index in [0.717, 1.165) is 54.4 Å². The zero-order valence-corrected chi connectivity index (χ0v) is 14.8. The number of anilines is 2. The van der Waals surface area contributed by atoms with Crippen molar-refractivity contribution < 1.29 is 5.11 Å². The van der Waals surface area contributed by atoms with Crippen LogP contribution in [-0.4, -0.2) is 36.3 Å². The van der Waals surface area contributed by atoms with Gasteiger partial charge in [0, 0.05) is 12.2 Å². The van der Waals surface area contributed by atoms with Crippen molar-refractivity contribution in [2.24, 2.45) is 4.99 Å². The van der Waals surface area contributed by atoms with Gasteiger partial charge in [-0.25, -0.2) is 4.99 Å². The standard InChI is InChI=1S/C20H25N5O/c26-14-23-16-5-3-4-15(12-16)13-22-19-20(8-10-21-11-9-20)25-18-7-2-1-6-17(18)24-19/h1-7,12,21,23,25-26H,8-11,13-14H2,(H,22,24). The average Bonchev–Trinajstić information content (AvgIpc) is 2.68. The van der Waals surface area contributed by atoms with E-state index in [2.05, 4.69) is 33.4 Å². The molecule has 0 unspecified atom stereocenters. The number of piperidine rings is 1. The molecule has 2 aliphatic rings. The molecule has 0 aliphatic carbocycles. The van der Waals surface area contributed by atoms with Crippen molar-refractivity contribution in [2.45, 2.75) is 24.9 Å². The third-order valence-corrected chi connectivity index (χ3v) is 5.09. The summed E-state index contributed by atoms with van der Waals surface area (Å²) in [6, 6.07) is 16.3. The summed E-state index contributed by atoms with van der Waals surface area (Å²) in [5, 5.41) is 22.7. The van der Waals surface area contributed by atoms with Gasteiger partial charge in [-0.3, -0.25) is 0 Å². The van der Waals surface area contributed by atoms with Crippen molar-refractivity contribution in [2.75, 3.05) is 30.5 Å². The number of aliphatic imine (C=N–C) groups is 1. The van der Waals surface area contributed by atoms with Crippen molar-refractivity contribution in [3.8, 4) is 0 Å². The van der Waals surface area contributed by atoms with Crippen LogP contribution in [0.4, 0.5) is 17.1 Å². The van der Waals surface area contributed by atoms with Gasteiger partial charge >= 0.3 is 0 Å². The number of aliphatic hydroxyl groups is 1. The van der Waals surface area contributed by atoms with Crippen LogP contribution in [0.5, 0.6) is 0 Å². The van der Waals surface area contributed by atoms with Crippen molar-refractivity contribution >= 4 is 22.9 Å². The van der Waals surface area contributed by atoms with E-state index in [9.17, 15) is 0 Å². The smallest absolute Gasteiger partial charge is 0.128 e.